The number of alkyl halides is 2. The zero-order valence-corrected chi connectivity index (χ0v) is 13.6. The first-order chi connectivity index (χ1) is 11.8. The Balaban J connectivity index is 2.25. The second-order valence-electron chi connectivity index (χ2n) is 5.49. The molecule has 1 atom stereocenters. The average Bonchev–Trinajstić information content (AvgIpc) is 3.03. The average molecular weight is 353 g/mol. The lowest BCUT2D eigenvalue weighted by atomic mass is 10.1. The van der Waals surface area contributed by atoms with Crippen LogP contribution >= 0.6 is 0 Å². The van der Waals surface area contributed by atoms with Crippen molar-refractivity contribution in [3.8, 4) is 17.0 Å². The fourth-order valence-electron chi connectivity index (χ4n) is 2.27. The minimum atomic E-state index is -2.96. The number of carboxylic acid groups (broad SMARTS) is 1. The maximum absolute atomic E-state index is 12.5. The summed E-state index contributed by atoms with van der Waals surface area (Å²) in [6.07, 6.45) is 1.31. The van der Waals surface area contributed by atoms with E-state index in [0.717, 1.165) is 0 Å². The lowest BCUT2D eigenvalue weighted by Crippen LogP contribution is -2.33. The molecule has 0 aliphatic carbocycles. The van der Waals surface area contributed by atoms with Crippen molar-refractivity contribution >= 4 is 11.9 Å². The molecule has 2 aromatic rings. The van der Waals surface area contributed by atoms with Gasteiger partial charge in [-0.05, 0) is 12.1 Å². The summed E-state index contributed by atoms with van der Waals surface area (Å²) in [5.41, 5.74) is 0.979. The van der Waals surface area contributed by atoms with E-state index in [1.807, 2.05) is 0 Å². The summed E-state index contributed by atoms with van der Waals surface area (Å²) in [4.78, 5) is 24.7. The Bertz CT molecular complexity index is 763. The number of ether oxygens (including phenoxy) is 1. The van der Waals surface area contributed by atoms with Crippen molar-refractivity contribution in [1.29, 1.82) is 0 Å². The van der Waals surface area contributed by atoms with Gasteiger partial charge in [0.2, 0.25) is 0 Å². The van der Waals surface area contributed by atoms with E-state index in [-0.39, 0.29) is 17.9 Å². The number of benzene rings is 1. The number of halogens is 2. The second-order valence-corrected chi connectivity index (χ2v) is 5.49. The standard InChI is InChI=1S/C16H17F2N3O4/c1-9(15(23)24)8-21(2)14(22)12-7-19-20-13(12)10-4-3-5-11(6-10)25-16(17)18/h3-7,9,16H,8H2,1-2H3,(H,19,20)(H,23,24). The SMILES string of the molecule is CC(CN(C)C(=O)c1cn[nH]c1-c1cccc(OC(F)F)c1)C(=O)O. The van der Waals surface area contributed by atoms with Crippen molar-refractivity contribution < 1.29 is 28.2 Å². The number of aromatic amines is 1. The smallest absolute Gasteiger partial charge is 0.387 e. The number of H-pyrrole nitrogens is 1. The Morgan fingerprint density at radius 3 is 2.76 bits per heavy atom. The zero-order valence-electron chi connectivity index (χ0n) is 13.6. The molecule has 134 valence electrons. The lowest BCUT2D eigenvalue weighted by Gasteiger charge is -2.19. The fourth-order valence-corrected chi connectivity index (χ4v) is 2.27. The van der Waals surface area contributed by atoms with E-state index in [1.54, 1.807) is 6.07 Å². The van der Waals surface area contributed by atoms with Gasteiger partial charge in [0, 0.05) is 19.2 Å². The molecule has 0 spiro atoms. The highest BCUT2D eigenvalue weighted by atomic mass is 19.3. The normalized spacial score (nSPS) is 12.0. The first kappa shape index (κ1) is 18.4. The number of hydrogen-bond acceptors (Lipinski definition) is 4. The predicted octanol–water partition coefficient (Wildman–Crippen LogP) is 2.47. The third-order valence-corrected chi connectivity index (χ3v) is 3.53. The second kappa shape index (κ2) is 7.73. The summed E-state index contributed by atoms with van der Waals surface area (Å²) in [6.45, 7) is -1.44. The molecule has 1 unspecified atom stereocenters. The van der Waals surface area contributed by atoms with Gasteiger partial charge in [-0.15, -0.1) is 0 Å². The van der Waals surface area contributed by atoms with Crippen molar-refractivity contribution in [2.45, 2.75) is 13.5 Å². The molecule has 2 rings (SSSR count). The Hall–Kier alpha value is -2.97. The molecule has 1 heterocycles. The zero-order chi connectivity index (χ0) is 18.6. The molecular formula is C16H17F2N3O4. The van der Waals surface area contributed by atoms with Crippen LogP contribution in [-0.4, -0.2) is 52.3 Å². The quantitative estimate of drug-likeness (QED) is 0.797. The first-order valence-corrected chi connectivity index (χ1v) is 7.36. The number of hydrogen-bond donors (Lipinski definition) is 2. The van der Waals surface area contributed by atoms with Crippen molar-refractivity contribution in [3.63, 3.8) is 0 Å². The number of nitrogens with one attached hydrogen (secondary N) is 1. The van der Waals surface area contributed by atoms with E-state index in [1.165, 1.54) is 43.3 Å². The van der Waals surface area contributed by atoms with Crippen LogP contribution < -0.4 is 4.74 Å². The minimum Gasteiger partial charge on any atom is -0.481 e. The molecule has 0 saturated heterocycles. The largest absolute Gasteiger partial charge is 0.481 e. The molecule has 0 aliphatic heterocycles. The number of aliphatic carboxylic acids is 1. The van der Waals surface area contributed by atoms with Crippen LogP contribution in [-0.2, 0) is 4.79 Å². The molecule has 9 heteroatoms. The number of amides is 1. The van der Waals surface area contributed by atoms with Gasteiger partial charge in [0.25, 0.3) is 5.91 Å². The highest BCUT2D eigenvalue weighted by molar-refractivity contribution is 5.99. The molecule has 0 bridgehead atoms. The van der Waals surface area contributed by atoms with Crippen molar-refractivity contribution in [2.75, 3.05) is 13.6 Å². The van der Waals surface area contributed by atoms with Gasteiger partial charge in [-0.3, -0.25) is 14.7 Å². The molecule has 1 amide bonds. The van der Waals surface area contributed by atoms with Crippen LogP contribution in [0, 0.1) is 5.92 Å². The van der Waals surface area contributed by atoms with Crippen molar-refractivity contribution in [3.05, 3.63) is 36.0 Å². The Kier molecular flexibility index (Phi) is 5.68. The molecule has 0 saturated carbocycles. The van der Waals surface area contributed by atoms with Gasteiger partial charge < -0.3 is 14.7 Å². The molecule has 7 nitrogen and oxygen atoms in total. The molecule has 1 aromatic heterocycles. The van der Waals surface area contributed by atoms with E-state index in [4.69, 9.17) is 5.11 Å². The maximum atomic E-state index is 12.5. The number of carbonyl (C=O) groups is 2. The monoisotopic (exact) mass is 353 g/mol. The van der Waals surface area contributed by atoms with Crippen LogP contribution in [0.25, 0.3) is 11.3 Å². The number of aromatic nitrogens is 2. The van der Waals surface area contributed by atoms with E-state index < -0.39 is 24.4 Å². The first-order valence-electron chi connectivity index (χ1n) is 7.36. The highest BCUT2D eigenvalue weighted by Gasteiger charge is 2.22. The van der Waals surface area contributed by atoms with Crippen LogP contribution in [0.3, 0.4) is 0 Å². The van der Waals surface area contributed by atoms with E-state index >= 15 is 0 Å². The Labute approximate surface area is 142 Å². The fraction of sp³-hybridized carbons (Fsp3) is 0.312. The van der Waals surface area contributed by atoms with Crippen molar-refractivity contribution in [1.82, 2.24) is 15.1 Å². The molecule has 2 N–H and O–H groups in total. The molecule has 25 heavy (non-hydrogen) atoms. The van der Waals surface area contributed by atoms with Gasteiger partial charge in [0.05, 0.1) is 23.4 Å². The molecule has 0 aliphatic rings. The molecule has 1 aromatic carbocycles. The summed E-state index contributed by atoms with van der Waals surface area (Å²) < 4.78 is 29.0. The summed E-state index contributed by atoms with van der Waals surface area (Å²) in [5.74, 6) is -2.22. The summed E-state index contributed by atoms with van der Waals surface area (Å²) in [6, 6.07) is 5.85. The van der Waals surface area contributed by atoms with Gasteiger partial charge >= 0.3 is 12.6 Å². The third-order valence-electron chi connectivity index (χ3n) is 3.53. The van der Waals surface area contributed by atoms with Crippen LogP contribution in [0.2, 0.25) is 0 Å². The van der Waals surface area contributed by atoms with Crippen LogP contribution in [0.15, 0.2) is 30.5 Å². The van der Waals surface area contributed by atoms with Crippen LogP contribution in [0.1, 0.15) is 17.3 Å². The molecule has 0 radical (unpaired) electrons. The topological polar surface area (TPSA) is 95.5 Å². The van der Waals surface area contributed by atoms with E-state index in [9.17, 15) is 18.4 Å². The van der Waals surface area contributed by atoms with E-state index in [2.05, 4.69) is 14.9 Å². The molecular weight excluding hydrogens is 336 g/mol. The van der Waals surface area contributed by atoms with Crippen molar-refractivity contribution in [2.24, 2.45) is 5.92 Å². The summed E-state index contributed by atoms with van der Waals surface area (Å²) in [7, 11) is 1.48. The number of carboxylic acids is 1. The molecule has 0 fully saturated rings. The lowest BCUT2D eigenvalue weighted by molar-refractivity contribution is -0.141. The van der Waals surface area contributed by atoms with Gasteiger partial charge in [-0.2, -0.15) is 13.9 Å². The Morgan fingerprint density at radius 2 is 2.12 bits per heavy atom. The summed E-state index contributed by atoms with van der Waals surface area (Å²) in [5, 5.41) is 15.4. The minimum absolute atomic E-state index is 0.0212. The number of nitrogens with zero attached hydrogens (tertiary/aromatic N) is 2. The van der Waals surface area contributed by atoms with Crippen LogP contribution in [0.5, 0.6) is 5.75 Å². The van der Waals surface area contributed by atoms with Gasteiger partial charge in [-0.1, -0.05) is 19.1 Å². The highest BCUT2D eigenvalue weighted by Crippen LogP contribution is 2.26. The van der Waals surface area contributed by atoms with E-state index in [0.29, 0.717) is 11.3 Å². The van der Waals surface area contributed by atoms with Gasteiger partial charge in [0.1, 0.15) is 5.75 Å². The van der Waals surface area contributed by atoms with Gasteiger partial charge in [0.15, 0.2) is 0 Å². The van der Waals surface area contributed by atoms with Crippen LogP contribution in [0.4, 0.5) is 8.78 Å². The summed E-state index contributed by atoms with van der Waals surface area (Å²) >= 11 is 0. The maximum Gasteiger partial charge on any atom is 0.387 e. The predicted molar refractivity (Wildman–Crippen MR) is 84.4 cm³/mol. The number of carbonyl (C=O) groups excluding carboxylic acids is 1. The Morgan fingerprint density at radius 1 is 1.40 bits per heavy atom. The van der Waals surface area contributed by atoms with Gasteiger partial charge in [-0.25, -0.2) is 0 Å². The number of rotatable bonds is 7. The third kappa shape index (κ3) is 4.52.